The topological polar surface area (TPSA) is 29.5 Å². The van der Waals surface area contributed by atoms with Gasteiger partial charge in [0.1, 0.15) is 17.2 Å². The molecule has 0 bridgehead atoms. The molecule has 2 rings (SSSR count). The number of hydrogen-bond acceptors (Lipinski definition) is 2. The van der Waals surface area contributed by atoms with Crippen molar-refractivity contribution in [1.29, 1.82) is 0 Å². The number of aromatic hydroxyl groups is 1. The van der Waals surface area contributed by atoms with E-state index >= 15 is 0 Å². The Hall–Kier alpha value is -1.88. The van der Waals surface area contributed by atoms with Crippen molar-refractivity contribution in [3.8, 4) is 17.2 Å². The maximum atomic E-state index is 12.6. The van der Waals surface area contributed by atoms with Crippen molar-refractivity contribution in [3.63, 3.8) is 0 Å². The molecule has 0 heterocycles. The summed E-state index contributed by atoms with van der Waals surface area (Å²) < 4.78 is 43.2. The van der Waals surface area contributed by atoms with E-state index in [4.69, 9.17) is 21.4 Å². The summed E-state index contributed by atoms with van der Waals surface area (Å²) in [7, 11) is 0. The largest absolute Gasteiger partial charge is 0.508 e. The Bertz CT molecular complexity index is 579. The summed E-state index contributed by atoms with van der Waals surface area (Å²) in [4.78, 5) is 0. The lowest BCUT2D eigenvalue weighted by molar-refractivity contribution is -0.137. The van der Waals surface area contributed by atoms with Gasteiger partial charge in [0.25, 0.3) is 0 Å². The van der Waals surface area contributed by atoms with Crippen molar-refractivity contribution < 1.29 is 23.0 Å². The fraction of sp³-hybridized carbons (Fsp3) is 0.0769. The maximum absolute atomic E-state index is 12.6. The van der Waals surface area contributed by atoms with Crippen LogP contribution in [0, 0.1) is 0 Å². The van der Waals surface area contributed by atoms with Gasteiger partial charge in [0.05, 0.1) is 10.6 Å². The minimum atomic E-state index is -4.54. The van der Waals surface area contributed by atoms with Crippen molar-refractivity contribution in [3.05, 3.63) is 53.1 Å². The van der Waals surface area contributed by atoms with E-state index in [2.05, 4.69) is 0 Å². The molecule has 0 aliphatic carbocycles. The zero-order valence-electron chi connectivity index (χ0n) is 9.41. The molecular formula is C13H8ClF3O2. The smallest absolute Gasteiger partial charge is 0.417 e. The Labute approximate surface area is 112 Å². The fourth-order valence-corrected chi connectivity index (χ4v) is 1.66. The van der Waals surface area contributed by atoms with Crippen molar-refractivity contribution in [2.45, 2.75) is 6.18 Å². The number of rotatable bonds is 2. The second-order valence-corrected chi connectivity index (χ2v) is 4.14. The van der Waals surface area contributed by atoms with Crippen LogP contribution in [0.3, 0.4) is 0 Å². The number of ether oxygens (including phenoxy) is 1. The second kappa shape index (κ2) is 5.01. The molecule has 0 radical (unpaired) electrons. The van der Waals surface area contributed by atoms with Crippen LogP contribution in [-0.2, 0) is 6.18 Å². The van der Waals surface area contributed by atoms with Gasteiger partial charge in [-0.3, -0.25) is 0 Å². The first kappa shape index (κ1) is 13.5. The van der Waals surface area contributed by atoms with Gasteiger partial charge in [-0.2, -0.15) is 13.2 Å². The van der Waals surface area contributed by atoms with Crippen LogP contribution in [0.15, 0.2) is 42.5 Å². The molecule has 0 amide bonds. The van der Waals surface area contributed by atoms with E-state index in [9.17, 15) is 13.2 Å². The molecule has 19 heavy (non-hydrogen) atoms. The zero-order chi connectivity index (χ0) is 14.0. The Morgan fingerprint density at radius 3 is 2.11 bits per heavy atom. The summed E-state index contributed by atoms with van der Waals surface area (Å²) in [5, 5.41) is 8.70. The molecule has 1 N–H and O–H groups in total. The molecule has 0 aromatic heterocycles. The van der Waals surface area contributed by atoms with E-state index in [-0.39, 0.29) is 16.5 Å². The predicted octanol–water partition coefficient (Wildman–Crippen LogP) is 4.86. The quantitative estimate of drug-likeness (QED) is 0.855. The van der Waals surface area contributed by atoms with E-state index in [1.165, 1.54) is 30.3 Å². The van der Waals surface area contributed by atoms with Crippen LogP contribution in [-0.4, -0.2) is 5.11 Å². The summed E-state index contributed by atoms with van der Waals surface area (Å²) >= 11 is 5.50. The summed E-state index contributed by atoms with van der Waals surface area (Å²) in [6, 6.07) is 8.92. The molecule has 0 saturated carbocycles. The molecule has 6 heteroatoms. The van der Waals surface area contributed by atoms with Crippen LogP contribution in [0.2, 0.25) is 5.02 Å². The van der Waals surface area contributed by atoms with Crippen molar-refractivity contribution >= 4 is 11.6 Å². The van der Waals surface area contributed by atoms with Crippen molar-refractivity contribution in [1.82, 2.24) is 0 Å². The molecule has 2 aromatic rings. The van der Waals surface area contributed by atoms with Crippen LogP contribution in [0.25, 0.3) is 0 Å². The normalized spacial score (nSPS) is 11.4. The highest BCUT2D eigenvalue weighted by Gasteiger charge is 2.33. The van der Waals surface area contributed by atoms with Crippen LogP contribution in [0.1, 0.15) is 5.56 Å². The van der Waals surface area contributed by atoms with Gasteiger partial charge in [-0.05, 0) is 42.5 Å². The zero-order valence-corrected chi connectivity index (χ0v) is 10.2. The predicted molar refractivity (Wildman–Crippen MR) is 64.6 cm³/mol. The Morgan fingerprint density at radius 1 is 0.947 bits per heavy atom. The number of halogens is 4. The third kappa shape index (κ3) is 3.32. The van der Waals surface area contributed by atoms with Gasteiger partial charge in [0.2, 0.25) is 0 Å². The minimum Gasteiger partial charge on any atom is -0.508 e. The van der Waals surface area contributed by atoms with Gasteiger partial charge in [0.15, 0.2) is 0 Å². The van der Waals surface area contributed by atoms with Gasteiger partial charge in [-0.25, -0.2) is 0 Å². The molecule has 0 fully saturated rings. The highest BCUT2D eigenvalue weighted by Crippen LogP contribution is 2.37. The van der Waals surface area contributed by atoms with E-state index in [1.807, 2.05) is 0 Å². The van der Waals surface area contributed by atoms with Crippen LogP contribution >= 0.6 is 11.6 Å². The standard InChI is InChI=1S/C13H8ClF3O2/c14-12-6-5-10(7-11(12)13(15,16)17)19-9-3-1-8(18)2-4-9/h1-7,18H. The lowest BCUT2D eigenvalue weighted by Crippen LogP contribution is -2.05. The lowest BCUT2D eigenvalue weighted by atomic mass is 10.2. The molecule has 100 valence electrons. The highest BCUT2D eigenvalue weighted by molar-refractivity contribution is 6.31. The number of phenols is 1. The molecule has 0 saturated heterocycles. The third-order valence-corrected chi connectivity index (χ3v) is 2.65. The SMILES string of the molecule is Oc1ccc(Oc2ccc(Cl)c(C(F)(F)F)c2)cc1. The monoisotopic (exact) mass is 288 g/mol. The molecule has 0 atom stereocenters. The lowest BCUT2D eigenvalue weighted by Gasteiger charge is -2.11. The van der Waals surface area contributed by atoms with E-state index < -0.39 is 11.7 Å². The Morgan fingerprint density at radius 2 is 1.53 bits per heavy atom. The van der Waals surface area contributed by atoms with E-state index in [0.717, 1.165) is 12.1 Å². The Balaban J connectivity index is 2.29. The minimum absolute atomic E-state index is 0.0161. The molecule has 2 nitrogen and oxygen atoms in total. The molecule has 0 aliphatic heterocycles. The summed E-state index contributed by atoms with van der Waals surface area (Å²) in [5.41, 5.74) is -0.953. The molecule has 0 aliphatic rings. The second-order valence-electron chi connectivity index (χ2n) is 3.74. The van der Waals surface area contributed by atoms with Gasteiger partial charge < -0.3 is 9.84 Å². The number of phenolic OH excluding ortho intramolecular Hbond substituents is 1. The van der Waals surface area contributed by atoms with E-state index in [0.29, 0.717) is 5.75 Å². The highest BCUT2D eigenvalue weighted by atomic mass is 35.5. The van der Waals surface area contributed by atoms with E-state index in [1.54, 1.807) is 0 Å². The first-order valence-corrected chi connectivity index (χ1v) is 5.58. The van der Waals surface area contributed by atoms with Crippen LogP contribution in [0.4, 0.5) is 13.2 Å². The number of hydrogen-bond donors (Lipinski definition) is 1. The third-order valence-electron chi connectivity index (χ3n) is 2.32. The van der Waals surface area contributed by atoms with Crippen molar-refractivity contribution in [2.75, 3.05) is 0 Å². The number of alkyl halides is 3. The molecule has 0 unspecified atom stereocenters. The maximum Gasteiger partial charge on any atom is 0.417 e. The first-order valence-electron chi connectivity index (χ1n) is 5.20. The molecule has 2 aromatic carbocycles. The van der Waals surface area contributed by atoms with Gasteiger partial charge in [-0.1, -0.05) is 11.6 Å². The van der Waals surface area contributed by atoms with Crippen molar-refractivity contribution in [2.24, 2.45) is 0 Å². The van der Waals surface area contributed by atoms with Gasteiger partial charge in [0, 0.05) is 0 Å². The molecule has 0 spiro atoms. The van der Waals surface area contributed by atoms with Gasteiger partial charge >= 0.3 is 6.18 Å². The summed E-state index contributed by atoms with van der Waals surface area (Å²) in [6.45, 7) is 0. The summed E-state index contributed by atoms with van der Waals surface area (Å²) in [6.07, 6.45) is -4.54. The van der Waals surface area contributed by atoms with Gasteiger partial charge in [-0.15, -0.1) is 0 Å². The summed E-state index contributed by atoms with van der Waals surface area (Å²) in [5.74, 6) is 0.370. The number of benzene rings is 2. The first-order chi connectivity index (χ1) is 8.86. The average Bonchev–Trinajstić information content (AvgIpc) is 2.33. The van der Waals surface area contributed by atoms with Crippen LogP contribution in [0.5, 0.6) is 17.2 Å². The van der Waals surface area contributed by atoms with Crippen LogP contribution < -0.4 is 4.74 Å². The fourth-order valence-electron chi connectivity index (χ4n) is 1.44. The Kier molecular flexibility index (Phi) is 3.57. The molecular weight excluding hydrogens is 281 g/mol. The average molecular weight is 289 g/mol.